The van der Waals surface area contributed by atoms with Gasteiger partial charge in [0, 0.05) is 11.1 Å². The van der Waals surface area contributed by atoms with Gasteiger partial charge in [0.05, 0.1) is 5.52 Å². The van der Waals surface area contributed by atoms with Crippen molar-refractivity contribution in [3.8, 4) is 0 Å². The second-order valence-corrected chi connectivity index (χ2v) is 2.94. The van der Waals surface area contributed by atoms with Gasteiger partial charge < -0.3 is 15.8 Å². The molecule has 2 aromatic rings. The Labute approximate surface area is 78.1 Å². The summed E-state index contributed by atoms with van der Waals surface area (Å²) in [7, 11) is 0. The third-order valence-corrected chi connectivity index (χ3v) is 1.97. The predicted octanol–water partition coefficient (Wildman–Crippen LogP) is 1.59. The van der Waals surface area contributed by atoms with E-state index in [-0.39, 0.29) is 11.4 Å². The van der Waals surface area contributed by atoms with Crippen LogP contribution in [0.15, 0.2) is 18.2 Å². The maximum atomic E-state index is 12.9. The monoisotopic (exact) mass is 194 g/mol. The van der Waals surface area contributed by atoms with E-state index < -0.39 is 11.8 Å². The molecule has 0 unspecified atom stereocenters. The molecule has 0 fully saturated rings. The zero-order valence-electron chi connectivity index (χ0n) is 7.04. The van der Waals surface area contributed by atoms with E-state index in [1.165, 1.54) is 12.1 Å². The highest BCUT2D eigenvalue weighted by atomic mass is 19.1. The molecule has 0 radical (unpaired) electrons. The van der Waals surface area contributed by atoms with Crippen LogP contribution < -0.4 is 5.73 Å². The van der Waals surface area contributed by atoms with Crippen molar-refractivity contribution in [1.29, 1.82) is 0 Å². The highest BCUT2D eigenvalue weighted by molar-refractivity contribution is 5.98. The maximum Gasteiger partial charge on any atom is 0.352 e. The van der Waals surface area contributed by atoms with E-state index in [2.05, 4.69) is 4.98 Å². The molecule has 0 aliphatic carbocycles. The van der Waals surface area contributed by atoms with E-state index in [1.807, 2.05) is 0 Å². The number of halogens is 1. The standard InChI is InChI=1S/C9H7FN2O2/c10-4-1-6(11)5-3-8(9(13)14)12-7(5)2-4/h1-3,12H,11H2,(H,13,14). The number of aromatic nitrogens is 1. The average molecular weight is 194 g/mol. The van der Waals surface area contributed by atoms with E-state index in [0.717, 1.165) is 6.07 Å². The molecule has 0 saturated heterocycles. The minimum Gasteiger partial charge on any atom is -0.477 e. The third kappa shape index (κ3) is 1.19. The molecule has 5 heteroatoms. The van der Waals surface area contributed by atoms with Gasteiger partial charge in [-0.3, -0.25) is 0 Å². The van der Waals surface area contributed by atoms with Crippen LogP contribution in [0.4, 0.5) is 10.1 Å². The molecule has 4 N–H and O–H groups in total. The number of H-pyrrole nitrogens is 1. The number of benzene rings is 1. The molecule has 4 nitrogen and oxygen atoms in total. The van der Waals surface area contributed by atoms with Gasteiger partial charge in [-0.15, -0.1) is 0 Å². The topological polar surface area (TPSA) is 79.1 Å². The summed E-state index contributed by atoms with van der Waals surface area (Å²) in [6.07, 6.45) is 0. The molecule has 0 aliphatic heterocycles. The molecule has 72 valence electrons. The van der Waals surface area contributed by atoms with Gasteiger partial charge in [0.2, 0.25) is 0 Å². The minimum absolute atomic E-state index is 0.00250. The van der Waals surface area contributed by atoms with Crippen LogP contribution in [-0.2, 0) is 0 Å². The zero-order chi connectivity index (χ0) is 10.3. The van der Waals surface area contributed by atoms with Gasteiger partial charge in [0.15, 0.2) is 0 Å². The first-order chi connectivity index (χ1) is 6.58. The number of fused-ring (bicyclic) bond motifs is 1. The SMILES string of the molecule is Nc1cc(F)cc2[nH]c(C(=O)O)cc12. The predicted molar refractivity (Wildman–Crippen MR) is 49.6 cm³/mol. The normalized spacial score (nSPS) is 10.6. The van der Waals surface area contributed by atoms with Crippen LogP contribution in [0.25, 0.3) is 10.9 Å². The molecule has 0 amide bonds. The third-order valence-electron chi connectivity index (χ3n) is 1.97. The lowest BCUT2D eigenvalue weighted by Crippen LogP contribution is -1.94. The molecular formula is C9H7FN2O2. The largest absolute Gasteiger partial charge is 0.477 e. The van der Waals surface area contributed by atoms with Gasteiger partial charge in [0.1, 0.15) is 11.5 Å². The molecule has 0 atom stereocenters. The van der Waals surface area contributed by atoms with Gasteiger partial charge in [-0.2, -0.15) is 0 Å². The summed E-state index contributed by atoms with van der Waals surface area (Å²) in [4.78, 5) is 13.2. The molecule has 0 saturated carbocycles. The smallest absolute Gasteiger partial charge is 0.352 e. The van der Waals surface area contributed by atoms with Gasteiger partial charge >= 0.3 is 5.97 Å². The first-order valence-corrected chi connectivity index (χ1v) is 3.89. The highest BCUT2D eigenvalue weighted by Gasteiger charge is 2.10. The first-order valence-electron chi connectivity index (χ1n) is 3.89. The Morgan fingerprint density at radius 2 is 2.14 bits per heavy atom. The summed E-state index contributed by atoms with van der Waals surface area (Å²) >= 11 is 0. The summed E-state index contributed by atoms with van der Waals surface area (Å²) in [5, 5.41) is 9.20. The number of nitrogens with one attached hydrogen (secondary N) is 1. The molecule has 0 spiro atoms. The van der Waals surface area contributed by atoms with Crippen molar-refractivity contribution >= 4 is 22.6 Å². The van der Waals surface area contributed by atoms with Crippen molar-refractivity contribution in [2.24, 2.45) is 0 Å². The summed E-state index contributed by atoms with van der Waals surface area (Å²) in [5.41, 5.74) is 6.13. The number of nitrogens with two attached hydrogens (primary N) is 1. The van der Waals surface area contributed by atoms with Crippen LogP contribution in [-0.4, -0.2) is 16.1 Å². The quantitative estimate of drug-likeness (QED) is 0.603. The summed E-state index contributed by atoms with van der Waals surface area (Å²) in [6, 6.07) is 3.74. The summed E-state index contributed by atoms with van der Waals surface area (Å²) in [5.74, 6) is -1.59. The number of carboxylic acid groups (broad SMARTS) is 1. The van der Waals surface area contributed by atoms with Gasteiger partial charge in [-0.05, 0) is 18.2 Å². The molecule has 14 heavy (non-hydrogen) atoms. The molecular weight excluding hydrogens is 187 g/mol. The number of rotatable bonds is 1. The lowest BCUT2D eigenvalue weighted by Gasteiger charge is -1.95. The number of anilines is 1. The van der Waals surface area contributed by atoms with Crippen LogP contribution in [0.1, 0.15) is 10.5 Å². The Balaban J connectivity index is 2.76. The lowest BCUT2D eigenvalue weighted by molar-refractivity contribution is 0.0691. The van der Waals surface area contributed by atoms with Gasteiger partial charge in [-0.1, -0.05) is 0 Å². The van der Waals surface area contributed by atoms with Crippen LogP contribution >= 0.6 is 0 Å². The lowest BCUT2D eigenvalue weighted by atomic mass is 10.2. The highest BCUT2D eigenvalue weighted by Crippen LogP contribution is 2.23. The van der Waals surface area contributed by atoms with Crippen molar-refractivity contribution in [3.05, 3.63) is 29.7 Å². The number of carbonyl (C=O) groups is 1. The zero-order valence-corrected chi connectivity index (χ0v) is 7.04. The van der Waals surface area contributed by atoms with Crippen LogP contribution in [0.5, 0.6) is 0 Å². The summed E-state index contributed by atoms with van der Waals surface area (Å²) in [6.45, 7) is 0. The molecule has 1 aromatic carbocycles. The minimum atomic E-state index is -1.10. The van der Waals surface area contributed by atoms with E-state index >= 15 is 0 Å². The summed E-state index contributed by atoms with van der Waals surface area (Å²) < 4.78 is 12.9. The Kier molecular flexibility index (Phi) is 1.67. The van der Waals surface area contributed by atoms with Crippen molar-refractivity contribution < 1.29 is 14.3 Å². The number of aromatic carboxylic acids is 1. The second kappa shape index (κ2) is 2.73. The fourth-order valence-corrected chi connectivity index (χ4v) is 1.34. The molecule has 2 rings (SSSR count). The Hall–Kier alpha value is -2.04. The Bertz CT molecular complexity index is 519. The van der Waals surface area contributed by atoms with Crippen molar-refractivity contribution in [2.75, 3.05) is 5.73 Å². The molecule has 0 bridgehead atoms. The van der Waals surface area contributed by atoms with Crippen molar-refractivity contribution in [2.45, 2.75) is 0 Å². The van der Waals surface area contributed by atoms with E-state index in [9.17, 15) is 9.18 Å². The fourth-order valence-electron chi connectivity index (χ4n) is 1.34. The van der Waals surface area contributed by atoms with E-state index in [0.29, 0.717) is 10.9 Å². The average Bonchev–Trinajstić information content (AvgIpc) is 2.47. The Morgan fingerprint density at radius 3 is 2.79 bits per heavy atom. The van der Waals surface area contributed by atoms with Crippen LogP contribution in [0.3, 0.4) is 0 Å². The van der Waals surface area contributed by atoms with Crippen LogP contribution in [0.2, 0.25) is 0 Å². The number of hydrogen-bond donors (Lipinski definition) is 3. The Morgan fingerprint density at radius 1 is 1.43 bits per heavy atom. The number of aromatic amines is 1. The number of hydrogen-bond acceptors (Lipinski definition) is 2. The molecule has 0 aliphatic rings. The number of nitrogen functional groups attached to an aromatic ring is 1. The van der Waals surface area contributed by atoms with Crippen molar-refractivity contribution in [1.82, 2.24) is 4.98 Å². The van der Waals surface area contributed by atoms with Gasteiger partial charge in [-0.25, -0.2) is 9.18 Å². The van der Waals surface area contributed by atoms with Gasteiger partial charge in [0.25, 0.3) is 0 Å². The molecule has 1 heterocycles. The molecule has 1 aromatic heterocycles. The fraction of sp³-hybridized carbons (Fsp3) is 0. The van der Waals surface area contributed by atoms with Crippen molar-refractivity contribution in [3.63, 3.8) is 0 Å². The maximum absolute atomic E-state index is 12.9. The first kappa shape index (κ1) is 8.55. The van der Waals surface area contributed by atoms with E-state index in [1.54, 1.807) is 0 Å². The van der Waals surface area contributed by atoms with Crippen LogP contribution in [0, 0.1) is 5.82 Å². The number of carboxylic acids is 1. The van der Waals surface area contributed by atoms with E-state index in [4.69, 9.17) is 10.8 Å². The second-order valence-electron chi connectivity index (χ2n) is 2.94.